The molecule has 0 unspecified atom stereocenters. The molecule has 0 bridgehead atoms. The van der Waals surface area contributed by atoms with E-state index in [-0.39, 0.29) is 4.90 Å². The maximum atomic E-state index is 11.4. The molecule has 9 nitrogen and oxygen atoms in total. The number of hydrogen-bond acceptors (Lipinski definition) is 7. The number of nitrogens with one attached hydrogen (secondary N) is 2. The van der Waals surface area contributed by atoms with Crippen molar-refractivity contribution < 1.29 is 8.42 Å². The molecule has 0 spiro atoms. The van der Waals surface area contributed by atoms with Crippen molar-refractivity contribution >= 4 is 32.8 Å². The molecule has 4 aromatic rings. The summed E-state index contributed by atoms with van der Waals surface area (Å²) in [5.41, 5.74) is 10.1. The topological polar surface area (TPSA) is 153 Å². The lowest BCUT2D eigenvalue weighted by Gasteiger charge is -2.09. The Morgan fingerprint density at radius 3 is 2.57 bits per heavy atom. The van der Waals surface area contributed by atoms with Gasteiger partial charge in [0.2, 0.25) is 16.0 Å². The number of benzene rings is 2. The molecule has 28 heavy (non-hydrogen) atoms. The van der Waals surface area contributed by atoms with E-state index in [0.29, 0.717) is 35.0 Å². The summed E-state index contributed by atoms with van der Waals surface area (Å²) in [6.07, 6.45) is 1.56. The monoisotopic (exact) mass is 395 g/mol. The Kier molecular flexibility index (Phi) is 4.51. The minimum atomic E-state index is -3.75. The summed E-state index contributed by atoms with van der Waals surface area (Å²) in [7, 11) is -3.75. The molecule has 0 fully saturated rings. The number of aromatic nitrogens is 4. The summed E-state index contributed by atoms with van der Waals surface area (Å²) in [5, 5.41) is 8.20. The van der Waals surface area contributed by atoms with Crippen LogP contribution in [-0.2, 0) is 16.6 Å². The van der Waals surface area contributed by atoms with Gasteiger partial charge >= 0.3 is 0 Å². The zero-order valence-corrected chi connectivity index (χ0v) is 15.4. The lowest BCUT2D eigenvalue weighted by atomic mass is 10.1. The van der Waals surface area contributed by atoms with E-state index in [0.717, 1.165) is 11.1 Å². The van der Waals surface area contributed by atoms with Gasteiger partial charge in [-0.1, -0.05) is 18.2 Å². The van der Waals surface area contributed by atoms with Crippen molar-refractivity contribution in [1.29, 1.82) is 0 Å². The lowest BCUT2D eigenvalue weighted by Crippen LogP contribution is -2.11. The summed E-state index contributed by atoms with van der Waals surface area (Å²) in [5.74, 6) is 0.341. The van der Waals surface area contributed by atoms with Gasteiger partial charge in [-0.2, -0.15) is 4.98 Å². The van der Waals surface area contributed by atoms with Gasteiger partial charge in [-0.15, -0.1) is 0 Å². The predicted molar refractivity (Wildman–Crippen MR) is 106 cm³/mol. The molecule has 2 aromatic carbocycles. The van der Waals surface area contributed by atoms with E-state index in [1.807, 2.05) is 24.3 Å². The van der Waals surface area contributed by atoms with E-state index in [1.165, 1.54) is 12.1 Å². The molecule has 2 aromatic heterocycles. The Hall–Kier alpha value is -3.34. The van der Waals surface area contributed by atoms with Crippen LogP contribution in [0.1, 0.15) is 5.56 Å². The Labute approximate surface area is 160 Å². The van der Waals surface area contributed by atoms with E-state index in [4.69, 9.17) is 10.9 Å². The standard InChI is InChI=1S/C18H17N7O2S/c19-9-11-2-1-3-12(8-11)15-16-17(22-10-21-16)25-18(24-15)23-13-4-6-14(7-5-13)28(20,26)27/h1-8,10H,9,19H2,(H2,20,26,27)(H2,21,22,23,24,25). The number of hydrogen-bond donors (Lipinski definition) is 4. The van der Waals surface area contributed by atoms with Crippen molar-refractivity contribution in [1.82, 2.24) is 19.9 Å². The molecule has 4 rings (SSSR count). The number of aromatic amines is 1. The molecule has 0 saturated carbocycles. The molecule has 0 aliphatic rings. The first-order valence-corrected chi connectivity index (χ1v) is 9.89. The molecule has 0 saturated heterocycles. The van der Waals surface area contributed by atoms with E-state index < -0.39 is 10.0 Å². The minimum absolute atomic E-state index is 0.0299. The quantitative estimate of drug-likeness (QED) is 0.402. The average molecular weight is 395 g/mol. The SMILES string of the molecule is NCc1cccc(-c2nc(Nc3ccc(S(N)(=O)=O)cc3)nc3[nH]cnc23)c1. The molecular formula is C18H17N7O2S. The molecule has 6 N–H and O–H groups in total. The predicted octanol–water partition coefficient (Wildman–Crippen LogP) is 1.87. The number of H-pyrrole nitrogens is 1. The average Bonchev–Trinajstić information content (AvgIpc) is 3.15. The Morgan fingerprint density at radius 2 is 1.86 bits per heavy atom. The van der Waals surface area contributed by atoms with Gasteiger partial charge in [0, 0.05) is 17.8 Å². The number of anilines is 2. The van der Waals surface area contributed by atoms with Crippen molar-refractivity contribution in [3.63, 3.8) is 0 Å². The zero-order chi connectivity index (χ0) is 19.7. The highest BCUT2D eigenvalue weighted by molar-refractivity contribution is 7.89. The van der Waals surface area contributed by atoms with Crippen LogP contribution in [0.5, 0.6) is 0 Å². The van der Waals surface area contributed by atoms with Crippen LogP contribution in [0, 0.1) is 0 Å². The first-order chi connectivity index (χ1) is 13.4. The van der Waals surface area contributed by atoms with Crippen molar-refractivity contribution in [2.24, 2.45) is 10.9 Å². The van der Waals surface area contributed by atoms with Gasteiger partial charge in [0.1, 0.15) is 11.2 Å². The van der Waals surface area contributed by atoms with E-state index in [2.05, 4.69) is 25.3 Å². The summed E-state index contributed by atoms with van der Waals surface area (Å²) < 4.78 is 22.8. The third kappa shape index (κ3) is 3.56. The van der Waals surface area contributed by atoms with Crippen LogP contribution in [0.4, 0.5) is 11.6 Å². The van der Waals surface area contributed by atoms with Crippen LogP contribution in [0.15, 0.2) is 59.8 Å². The van der Waals surface area contributed by atoms with Crippen LogP contribution >= 0.6 is 0 Å². The molecule has 0 aliphatic heterocycles. The smallest absolute Gasteiger partial charge is 0.238 e. The third-order valence-electron chi connectivity index (χ3n) is 4.15. The normalized spacial score (nSPS) is 11.6. The number of imidazole rings is 1. The largest absolute Gasteiger partial charge is 0.329 e. The second-order valence-corrected chi connectivity index (χ2v) is 7.66. The summed E-state index contributed by atoms with van der Waals surface area (Å²) in [4.78, 5) is 16.4. The van der Waals surface area contributed by atoms with Crippen LogP contribution in [0.3, 0.4) is 0 Å². The van der Waals surface area contributed by atoms with Crippen molar-refractivity contribution in [2.75, 3.05) is 5.32 Å². The Balaban J connectivity index is 1.74. The second kappa shape index (κ2) is 7.00. The highest BCUT2D eigenvalue weighted by atomic mass is 32.2. The Morgan fingerprint density at radius 1 is 1.07 bits per heavy atom. The molecule has 0 radical (unpaired) electrons. The van der Waals surface area contributed by atoms with Gasteiger partial charge < -0.3 is 16.0 Å². The maximum Gasteiger partial charge on any atom is 0.238 e. The van der Waals surface area contributed by atoms with Crippen molar-refractivity contribution in [3.05, 3.63) is 60.4 Å². The van der Waals surface area contributed by atoms with Crippen LogP contribution < -0.4 is 16.2 Å². The number of rotatable bonds is 5. The zero-order valence-electron chi connectivity index (χ0n) is 14.6. The number of nitrogens with two attached hydrogens (primary N) is 2. The number of primary sulfonamides is 1. The van der Waals surface area contributed by atoms with E-state index >= 15 is 0 Å². The number of fused-ring (bicyclic) bond motifs is 1. The molecule has 0 atom stereocenters. The summed E-state index contributed by atoms with van der Waals surface area (Å²) in [6, 6.07) is 13.8. The highest BCUT2D eigenvalue weighted by Crippen LogP contribution is 2.27. The van der Waals surface area contributed by atoms with Gasteiger partial charge in [0.25, 0.3) is 0 Å². The fourth-order valence-electron chi connectivity index (χ4n) is 2.80. The van der Waals surface area contributed by atoms with Crippen molar-refractivity contribution in [3.8, 4) is 11.3 Å². The van der Waals surface area contributed by atoms with Gasteiger partial charge in [0.15, 0.2) is 5.65 Å². The molecule has 0 aliphatic carbocycles. The fourth-order valence-corrected chi connectivity index (χ4v) is 3.31. The van der Waals surface area contributed by atoms with E-state index in [1.54, 1.807) is 18.5 Å². The first kappa shape index (κ1) is 18.0. The molecule has 2 heterocycles. The molecule has 142 valence electrons. The van der Waals surface area contributed by atoms with Gasteiger partial charge in [-0.3, -0.25) is 0 Å². The van der Waals surface area contributed by atoms with Crippen LogP contribution in [-0.4, -0.2) is 28.4 Å². The number of sulfonamides is 1. The third-order valence-corrected chi connectivity index (χ3v) is 5.08. The van der Waals surface area contributed by atoms with E-state index in [9.17, 15) is 8.42 Å². The first-order valence-electron chi connectivity index (χ1n) is 8.34. The maximum absolute atomic E-state index is 11.4. The molecule has 10 heteroatoms. The molecular weight excluding hydrogens is 378 g/mol. The van der Waals surface area contributed by atoms with Crippen LogP contribution in [0.25, 0.3) is 22.4 Å². The number of nitrogens with zero attached hydrogens (tertiary/aromatic N) is 3. The second-order valence-electron chi connectivity index (χ2n) is 6.09. The minimum Gasteiger partial charge on any atom is -0.329 e. The lowest BCUT2D eigenvalue weighted by molar-refractivity contribution is 0.598. The van der Waals surface area contributed by atoms with Crippen molar-refractivity contribution in [2.45, 2.75) is 11.4 Å². The summed E-state index contributed by atoms with van der Waals surface area (Å²) >= 11 is 0. The summed E-state index contributed by atoms with van der Waals surface area (Å²) in [6.45, 7) is 0.421. The van der Waals surface area contributed by atoms with Gasteiger partial charge in [-0.25, -0.2) is 23.5 Å². The molecule has 0 amide bonds. The fraction of sp³-hybridized carbons (Fsp3) is 0.0556. The van der Waals surface area contributed by atoms with Gasteiger partial charge in [-0.05, 0) is 35.9 Å². The van der Waals surface area contributed by atoms with Gasteiger partial charge in [0.05, 0.1) is 11.2 Å². The highest BCUT2D eigenvalue weighted by Gasteiger charge is 2.13. The Bertz CT molecular complexity index is 1250. The van der Waals surface area contributed by atoms with Crippen LogP contribution in [0.2, 0.25) is 0 Å².